The molecule has 5 nitrogen and oxygen atoms in total. The molecule has 0 spiro atoms. The number of methoxy groups -OCH3 is 1. The summed E-state index contributed by atoms with van der Waals surface area (Å²) < 4.78 is 5.18. The molecule has 4 rings (SSSR count). The fraction of sp³-hybridized carbons (Fsp3) is 0.200. The fourth-order valence-corrected chi connectivity index (χ4v) is 3.84. The molecule has 0 bridgehead atoms. The summed E-state index contributed by atoms with van der Waals surface area (Å²) in [6.45, 7) is 2.33. The first-order chi connectivity index (χ1) is 14.4. The van der Waals surface area contributed by atoms with Gasteiger partial charge in [0.25, 0.3) is 5.91 Å². The lowest BCUT2D eigenvalue weighted by Gasteiger charge is -2.23. The molecule has 0 unspecified atom stereocenters. The molecule has 30 heavy (non-hydrogen) atoms. The van der Waals surface area contributed by atoms with Crippen molar-refractivity contribution in [3.8, 4) is 5.75 Å². The SMILES string of the molecule is COc1cccc(C(=O)C[C@]2(O)C(=O)N(Cc3ccc(C)cc3)c3ccccc32)c1. The van der Waals surface area contributed by atoms with Crippen LogP contribution in [-0.4, -0.2) is 23.9 Å². The molecule has 0 aromatic heterocycles. The average Bonchev–Trinajstić information content (AvgIpc) is 2.97. The molecule has 3 aromatic carbocycles. The van der Waals surface area contributed by atoms with E-state index < -0.39 is 11.5 Å². The van der Waals surface area contributed by atoms with Crippen LogP contribution in [0.1, 0.15) is 33.5 Å². The van der Waals surface area contributed by atoms with Gasteiger partial charge in [-0.1, -0.05) is 60.2 Å². The molecule has 3 aromatic rings. The Morgan fingerprint density at radius 1 is 1.03 bits per heavy atom. The van der Waals surface area contributed by atoms with Crippen molar-refractivity contribution >= 4 is 17.4 Å². The summed E-state index contributed by atoms with van der Waals surface area (Å²) in [5.41, 5.74) is 1.66. The minimum absolute atomic E-state index is 0.322. The molecule has 1 heterocycles. The van der Waals surface area contributed by atoms with Crippen LogP contribution in [0, 0.1) is 6.92 Å². The predicted molar refractivity (Wildman–Crippen MR) is 115 cm³/mol. The van der Waals surface area contributed by atoms with E-state index in [0.717, 1.165) is 11.1 Å². The lowest BCUT2D eigenvalue weighted by Crippen LogP contribution is -2.41. The van der Waals surface area contributed by atoms with E-state index in [9.17, 15) is 14.7 Å². The first-order valence-electron chi connectivity index (χ1n) is 9.79. The fourth-order valence-electron chi connectivity index (χ4n) is 3.84. The second-order valence-corrected chi connectivity index (χ2v) is 7.59. The summed E-state index contributed by atoms with van der Waals surface area (Å²) in [6, 6.07) is 21.7. The molecule has 1 aliphatic rings. The number of carbonyl (C=O) groups is 2. The minimum Gasteiger partial charge on any atom is -0.497 e. The number of benzene rings is 3. The third-order valence-corrected chi connectivity index (χ3v) is 5.51. The van der Waals surface area contributed by atoms with Crippen molar-refractivity contribution in [1.82, 2.24) is 0 Å². The van der Waals surface area contributed by atoms with Crippen LogP contribution in [0.2, 0.25) is 0 Å². The van der Waals surface area contributed by atoms with E-state index in [-0.39, 0.29) is 12.2 Å². The Hall–Kier alpha value is -3.44. The lowest BCUT2D eigenvalue weighted by molar-refractivity contribution is -0.136. The highest BCUT2D eigenvalue weighted by molar-refractivity contribution is 6.10. The molecular formula is C25H23NO4. The van der Waals surface area contributed by atoms with Crippen molar-refractivity contribution < 1.29 is 19.4 Å². The molecule has 0 saturated heterocycles. The van der Waals surface area contributed by atoms with E-state index in [2.05, 4.69) is 0 Å². The van der Waals surface area contributed by atoms with E-state index in [1.54, 1.807) is 47.4 Å². The van der Waals surface area contributed by atoms with Gasteiger partial charge >= 0.3 is 0 Å². The van der Waals surface area contributed by atoms with E-state index in [0.29, 0.717) is 29.1 Å². The van der Waals surface area contributed by atoms with Crippen LogP contribution in [0.15, 0.2) is 72.8 Å². The van der Waals surface area contributed by atoms with Gasteiger partial charge in [-0.05, 0) is 30.7 Å². The Kier molecular flexibility index (Phi) is 5.14. The van der Waals surface area contributed by atoms with Crippen molar-refractivity contribution in [3.05, 3.63) is 95.1 Å². The summed E-state index contributed by atoms with van der Waals surface area (Å²) in [7, 11) is 1.52. The maximum absolute atomic E-state index is 13.3. The molecule has 0 radical (unpaired) electrons. The normalized spacial score (nSPS) is 17.7. The van der Waals surface area contributed by atoms with Gasteiger partial charge in [-0.2, -0.15) is 0 Å². The number of amides is 1. The molecule has 5 heteroatoms. The lowest BCUT2D eigenvalue weighted by atomic mass is 9.88. The molecule has 0 saturated carbocycles. The van der Waals surface area contributed by atoms with Crippen LogP contribution in [0.4, 0.5) is 5.69 Å². The summed E-state index contributed by atoms with van der Waals surface area (Å²) >= 11 is 0. The first kappa shape index (κ1) is 19.9. The molecule has 1 amide bonds. The standard InChI is InChI=1S/C25H23NO4/c1-17-10-12-18(13-11-17)16-26-22-9-4-3-8-21(22)25(29,24(26)28)15-23(27)19-6-5-7-20(14-19)30-2/h3-14,29H,15-16H2,1-2H3/t25-/m1/s1. The van der Waals surface area contributed by atoms with Crippen molar-refractivity contribution in [3.63, 3.8) is 0 Å². The van der Waals surface area contributed by atoms with Gasteiger partial charge in [0.2, 0.25) is 0 Å². The maximum Gasteiger partial charge on any atom is 0.264 e. The molecule has 0 fully saturated rings. The van der Waals surface area contributed by atoms with Crippen LogP contribution < -0.4 is 9.64 Å². The number of fused-ring (bicyclic) bond motifs is 1. The van der Waals surface area contributed by atoms with Gasteiger partial charge in [0.05, 0.1) is 25.8 Å². The molecule has 1 atom stereocenters. The van der Waals surface area contributed by atoms with Gasteiger partial charge in [-0.25, -0.2) is 0 Å². The number of para-hydroxylation sites is 1. The van der Waals surface area contributed by atoms with Gasteiger partial charge in [0, 0.05) is 11.1 Å². The second kappa shape index (κ2) is 7.76. The number of ketones is 1. The number of aryl methyl sites for hydroxylation is 1. The zero-order chi connectivity index (χ0) is 21.3. The summed E-state index contributed by atoms with van der Waals surface area (Å²) in [4.78, 5) is 27.8. The van der Waals surface area contributed by atoms with E-state index in [1.807, 2.05) is 37.3 Å². The van der Waals surface area contributed by atoms with Crippen LogP contribution in [0.3, 0.4) is 0 Å². The number of hydrogen-bond acceptors (Lipinski definition) is 4. The Morgan fingerprint density at radius 2 is 1.77 bits per heavy atom. The van der Waals surface area contributed by atoms with Gasteiger partial charge in [-0.3, -0.25) is 9.59 Å². The summed E-state index contributed by atoms with van der Waals surface area (Å²) in [5, 5.41) is 11.4. The largest absolute Gasteiger partial charge is 0.497 e. The Balaban J connectivity index is 1.66. The van der Waals surface area contributed by atoms with Gasteiger partial charge in [0.15, 0.2) is 11.4 Å². The van der Waals surface area contributed by atoms with Gasteiger partial charge in [-0.15, -0.1) is 0 Å². The topological polar surface area (TPSA) is 66.8 Å². The smallest absolute Gasteiger partial charge is 0.264 e. The molecule has 152 valence electrons. The highest BCUT2D eigenvalue weighted by atomic mass is 16.5. The molecule has 1 N–H and O–H groups in total. The number of aliphatic hydroxyl groups is 1. The first-order valence-corrected chi connectivity index (χ1v) is 9.79. The zero-order valence-electron chi connectivity index (χ0n) is 17.0. The number of hydrogen-bond donors (Lipinski definition) is 1. The third-order valence-electron chi connectivity index (χ3n) is 5.51. The number of nitrogens with zero attached hydrogens (tertiary/aromatic N) is 1. The average molecular weight is 401 g/mol. The van der Waals surface area contributed by atoms with Gasteiger partial charge in [0.1, 0.15) is 5.75 Å². The quantitative estimate of drug-likeness (QED) is 0.634. The highest BCUT2D eigenvalue weighted by Crippen LogP contribution is 2.43. The van der Waals surface area contributed by atoms with E-state index in [1.165, 1.54) is 7.11 Å². The molecular weight excluding hydrogens is 378 g/mol. The van der Waals surface area contributed by atoms with Crippen molar-refractivity contribution in [1.29, 1.82) is 0 Å². The van der Waals surface area contributed by atoms with Crippen LogP contribution in [0.5, 0.6) is 5.75 Å². The summed E-state index contributed by atoms with van der Waals surface area (Å²) in [6.07, 6.45) is -0.333. The Morgan fingerprint density at radius 3 is 2.50 bits per heavy atom. The number of Topliss-reactive ketones (excluding diaryl/α,β-unsaturated/α-hetero) is 1. The summed E-state index contributed by atoms with van der Waals surface area (Å²) in [5.74, 6) is -0.260. The van der Waals surface area contributed by atoms with Crippen molar-refractivity contribution in [2.45, 2.75) is 25.5 Å². The third kappa shape index (κ3) is 3.48. The monoisotopic (exact) mass is 401 g/mol. The van der Waals surface area contributed by atoms with Crippen molar-refractivity contribution in [2.75, 3.05) is 12.0 Å². The van der Waals surface area contributed by atoms with Crippen LogP contribution in [0.25, 0.3) is 0 Å². The second-order valence-electron chi connectivity index (χ2n) is 7.59. The predicted octanol–water partition coefficient (Wildman–Crippen LogP) is 4.01. The molecule has 1 aliphatic heterocycles. The number of anilines is 1. The van der Waals surface area contributed by atoms with E-state index >= 15 is 0 Å². The van der Waals surface area contributed by atoms with Crippen molar-refractivity contribution in [2.24, 2.45) is 0 Å². The van der Waals surface area contributed by atoms with E-state index in [4.69, 9.17) is 4.74 Å². The minimum atomic E-state index is -1.90. The highest BCUT2D eigenvalue weighted by Gasteiger charge is 2.50. The maximum atomic E-state index is 13.3. The van der Waals surface area contributed by atoms with Crippen LogP contribution >= 0.6 is 0 Å². The number of carbonyl (C=O) groups excluding carboxylic acids is 2. The number of ether oxygens (including phenoxy) is 1. The van der Waals surface area contributed by atoms with Gasteiger partial charge < -0.3 is 14.7 Å². The zero-order valence-corrected chi connectivity index (χ0v) is 17.0. The number of rotatable bonds is 6. The Bertz CT molecular complexity index is 1110. The molecule has 0 aliphatic carbocycles. The Labute approximate surface area is 175 Å². The van der Waals surface area contributed by atoms with Crippen LogP contribution in [-0.2, 0) is 16.9 Å².